The van der Waals surface area contributed by atoms with Gasteiger partial charge in [-0.1, -0.05) is 0 Å². The number of ketones is 1. The molecule has 0 bridgehead atoms. The molecule has 0 radical (unpaired) electrons. The molecule has 0 aromatic heterocycles. The second kappa shape index (κ2) is 4.87. The third kappa shape index (κ3) is 2.64. The Kier molecular flexibility index (Phi) is 4.01. The summed E-state index contributed by atoms with van der Waals surface area (Å²) in [7, 11) is 1.38. The zero-order chi connectivity index (χ0) is 11.6. The predicted octanol–water partition coefficient (Wildman–Crippen LogP) is 3.44. The topological polar surface area (TPSA) is 26.3 Å². The zero-order valence-electron chi connectivity index (χ0n) is 8.18. The van der Waals surface area contributed by atoms with Crippen LogP contribution in [0.25, 0.3) is 0 Å². The van der Waals surface area contributed by atoms with Gasteiger partial charge in [-0.2, -0.15) is 0 Å². The van der Waals surface area contributed by atoms with Crippen LogP contribution in [0.1, 0.15) is 29.3 Å². The van der Waals surface area contributed by atoms with Gasteiger partial charge in [0.25, 0.3) is 6.43 Å². The fraction of sp³-hybridized carbons (Fsp3) is 0.300. The van der Waals surface area contributed by atoms with E-state index in [0.717, 1.165) is 0 Å². The van der Waals surface area contributed by atoms with Crippen LogP contribution in [0.5, 0.6) is 5.75 Å². The highest BCUT2D eigenvalue weighted by Crippen LogP contribution is 2.31. The maximum Gasteiger partial charge on any atom is 0.265 e. The molecule has 0 aliphatic carbocycles. The van der Waals surface area contributed by atoms with Crippen molar-refractivity contribution in [3.05, 3.63) is 26.8 Å². The fourth-order valence-electron chi connectivity index (χ4n) is 1.15. The highest BCUT2D eigenvalue weighted by molar-refractivity contribution is 14.1. The minimum absolute atomic E-state index is 0.167. The maximum absolute atomic E-state index is 12.6. The van der Waals surface area contributed by atoms with Gasteiger partial charge in [0.1, 0.15) is 5.75 Å². The lowest BCUT2D eigenvalue weighted by molar-refractivity contribution is 0.101. The van der Waals surface area contributed by atoms with E-state index in [1.165, 1.54) is 26.2 Å². The first-order valence-corrected chi connectivity index (χ1v) is 5.21. The van der Waals surface area contributed by atoms with Gasteiger partial charge in [-0.25, -0.2) is 8.78 Å². The Labute approximate surface area is 99.8 Å². The average molecular weight is 326 g/mol. The Morgan fingerprint density at radius 3 is 2.47 bits per heavy atom. The van der Waals surface area contributed by atoms with Gasteiger partial charge < -0.3 is 4.74 Å². The molecule has 0 atom stereocenters. The number of rotatable bonds is 3. The lowest BCUT2D eigenvalue weighted by atomic mass is 10.1. The van der Waals surface area contributed by atoms with Crippen molar-refractivity contribution in [1.29, 1.82) is 0 Å². The van der Waals surface area contributed by atoms with E-state index in [2.05, 4.69) is 0 Å². The molecule has 0 N–H and O–H groups in total. The molecule has 0 spiro atoms. The Morgan fingerprint density at radius 2 is 2.07 bits per heavy atom. The third-order valence-corrected chi connectivity index (χ3v) is 3.13. The number of alkyl halides is 2. The van der Waals surface area contributed by atoms with Crippen LogP contribution in [0, 0.1) is 3.57 Å². The van der Waals surface area contributed by atoms with Gasteiger partial charge in [-0.05, 0) is 41.6 Å². The predicted molar refractivity (Wildman–Crippen MR) is 60.7 cm³/mol. The van der Waals surface area contributed by atoms with Crippen molar-refractivity contribution in [1.82, 2.24) is 0 Å². The number of Topliss-reactive ketones (excluding diaryl/α,β-unsaturated/α-hetero) is 1. The van der Waals surface area contributed by atoms with Crippen LogP contribution in [-0.4, -0.2) is 12.9 Å². The molecule has 0 unspecified atom stereocenters. The number of carbonyl (C=O) groups is 1. The van der Waals surface area contributed by atoms with Crippen LogP contribution in [0.2, 0.25) is 0 Å². The molecule has 1 aromatic rings. The fourth-order valence-corrected chi connectivity index (χ4v) is 2.08. The summed E-state index contributed by atoms with van der Waals surface area (Å²) < 4.78 is 30.4. The first-order chi connectivity index (χ1) is 6.97. The molecule has 1 rings (SSSR count). The van der Waals surface area contributed by atoms with Crippen LogP contribution in [0.15, 0.2) is 12.1 Å². The third-order valence-electron chi connectivity index (χ3n) is 1.92. The van der Waals surface area contributed by atoms with Gasteiger partial charge in [-0.15, -0.1) is 0 Å². The van der Waals surface area contributed by atoms with E-state index in [0.29, 0.717) is 0 Å². The molecule has 15 heavy (non-hydrogen) atoms. The number of benzene rings is 1. The Hall–Kier alpha value is -0.720. The quantitative estimate of drug-likeness (QED) is 0.628. The largest absolute Gasteiger partial charge is 0.497 e. The van der Waals surface area contributed by atoms with E-state index >= 15 is 0 Å². The van der Waals surface area contributed by atoms with E-state index in [1.807, 2.05) is 0 Å². The number of halogens is 3. The first kappa shape index (κ1) is 12.4. The molecule has 0 aliphatic heterocycles. The molecule has 0 saturated heterocycles. The Balaban J connectivity index is 3.40. The Morgan fingerprint density at radius 1 is 1.47 bits per heavy atom. The van der Waals surface area contributed by atoms with Crippen molar-refractivity contribution < 1.29 is 18.3 Å². The number of ether oxygens (including phenoxy) is 1. The highest BCUT2D eigenvalue weighted by Gasteiger charge is 2.18. The van der Waals surface area contributed by atoms with Gasteiger partial charge in [0.15, 0.2) is 5.78 Å². The van der Waals surface area contributed by atoms with E-state index in [4.69, 9.17) is 4.74 Å². The summed E-state index contributed by atoms with van der Waals surface area (Å²) in [5, 5.41) is 0. The van der Waals surface area contributed by atoms with E-state index in [1.54, 1.807) is 22.6 Å². The second-order valence-electron chi connectivity index (χ2n) is 2.94. The normalized spacial score (nSPS) is 10.5. The summed E-state index contributed by atoms with van der Waals surface area (Å²) in [6.07, 6.45) is -2.61. The van der Waals surface area contributed by atoms with Gasteiger partial charge in [0.2, 0.25) is 0 Å². The van der Waals surface area contributed by atoms with E-state index < -0.39 is 6.43 Å². The van der Waals surface area contributed by atoms with Crippen molar-refractivity contribution in [3.8, 4) is 5.75 Å². The molecule has 1 aromatic carbocycles. The lowest BCUT2D eigenvalue weighted by Gasteiger charge is -2.10. The van der Waals surface area contributed by atoms with Crippen LogP contribution >= 0.6 is 22.6 Å². The number of hydrogen-bond donors (Lipinski definition) is 0. The summed E-state index contributed by atoms with van der Waals surface area (Å²) in [6.45, 7) is 1.34. The molecule has 0 aliphatic rings. The van der Waals surface area contributed by atoms with Crippen LogP contribution in [0.4, 0.5) is 8.78 Å². The molecular weight excluding hydrogens is 317 g/mol. The SMILES string of the molecule is COc1cc(C(C)=O)c(I)c(C(F)F)c1. The van der Waals surface area contributed by atoms with Gasteiger partial charge in [0, 0.05) is 14.7 Å². The van der Waals surface area contributed by atoms with Crippen LogP contribution < -0.4 is 4.74 Å². The monoisotopic (exact) mass is 326 g/mol. The highest BCUT2D eigenvalue weighted by atomic mass is 127. The van der Waals surface area contributed by atoms with Crippen LogP contribution in [0.3, 0.4) is 0 Å². The molecule has 2 nitrogen and oxygen atoms in total. The minimum atomic E-state index is -2.61. The van der Waals surface area contributed by atoms with Crippen molar-refractivity contribution in [2.45, 2.75) is 13.3 Å². The number of hydrogen-bond acceptors (Lipinski definition) is 2. The lowest BCUT2D eigenvalue weighted by Crippen LogP contribution is -2.02. The average Bonchev–Trinajstić information content (AvgIpc) is 2.17. The van der Waals surface area contributed by atoms with Crippen molar-refractivity contribution in [2.24, 2.45) is 0 Å². The van der Waals surface area contributed by atoms with Gasteiger partial charge in [0.05, 0.1) is 7.11 Å². The standard InChI is InChI=1S/C10H9F2IO2/c1-5(14)7-3-6(15-2)4-8(9(7)13)10(11)12/h3-4,10H,1-2H3. The van der Waals surface area contributed by atoms with E-state index in [-0.39, 0.29) is 26.2 Å². The number of carbonyl (C=O) groups excluding carboxylic acids is 1. The smallest absolute Gasteiger partial charge is 0.265 e. The van der Waals surface area contributed by atoms with Crippen LogP contribution in [-0.2, 0) is 0 Å². The summed E-state index contributed by atoms with van der Waals surface area (Å²) in [5.74, 6) is 0.0242. The van der Waals surface area contributed by atoms with Crippen molar-refractivity contribution in [2.75, 3.05) is 7.11 Å². The molecule has 5 heteroatoms. The number of methoxy groups -OCH3 is 1. The zero-order valence-corrected chi connectivity index (χ0v) is 10.3. The molecule has 0 amide bonds. The summed E-state index contributed by atoms with van der Waals surface area (Å²) in [4.78, 5) is 11.2. The Bertz CT molecular complexity index is 391. The van der Waals surface area contributed by atoms with Crippen molar-refractivity contribution in [3.63, 3.8) is 0 Å². The van der Waals surface area contributed by atoms with E-state index in [9.17, 15) is 13.6 Å². The molecule has 0 saturated carbocycles. The molecule has 0 fully saturated rings. The second-order valence-corrected chi connectivity index (χ2v) is 4.01. The van der Waals surface area contributed by atoms with Gasteiger partial charge in [-0.3, -0.25) is 4.79 Å². The van der Waals surface area contributed by atoms with Crippen molar-refractivity contribution >= 4 is 28.4 Å². The molecule has 82 valence electrons. The summed E-state index contributed by atoms with van der Waals surface area (Å²) in [6, 6.07) is 2.72. The summed E-state index contributed by atoms with van der Waals surface area (Å²) >= 11 is 1.75. The first-order valence-electron chi connectivity index (χ1n) is 4.14. The minimum Gasteiger partial charge on any atom is -0.497 e. The summed E-state index contributed by atoms with van der Waals surface area (Å²) in [5.41, 5.74) is 0.102. The van der Waals surface area contributed by atoms with Gasteiger partial charge >= 0.3 is 0 Å². The molecule has 0 heterocycles. The maximum atomic E-state index is 12.6. The molecular formula is C10H9F2IO2.